The molecule has 118 valence electrons. The second-order valence-corrected chi connectivity index (χ2v) is 4.86. The molecule has 0 fully saturated rings. The quantitative estimate of drug-likeness (QED) is 0.573. The number of aliphatic carboxylic acids is 2. The number of carboxylic acids is 2. The number of aliphatic hydroxyl groups is 2. The van der Waals surface area contributed by atoms with Gasteiger partial charge in [0.05, 0.1) is 0 Å². The van der Waals surface area contributed by atoms with Crippen molar-refractivity contribution in [2.45, 2.75) is 65.6 Å². The van der Waals surface area contributed by atoms with E-state index in [1.54, 1.807) is 41.5 Å². The number of carboxylic acid groups (broad SMARTS) is 2. The minimum atomic E-state index is -1.01. The molecule has 0 aromatic rings. The molecule has 0 spiro atoms. The fourth-order valence-electron chi connectivity index (χ4n) is 0.306. The van der Waals surface area contributed by atoms with Gasteiger partial charge in [0.2, 0.25) is 0 Å². The first-order valence-corrected chi connectivity index (χ1v) is 6.17. The third-order valence-corrected chi connectivity index (χ3v) is 1.28. The SMILES string of the molecule is CC(C)(O)C#CC(C)(C)O.CCC(=O)O.CCC(=O)O. The van der Waals surface area contributed by atoms with Gasteiger partial charge in [-0.05, 0) is 27.7 Å². The maximum Gasteiger partial charge on any atom is 0.303 e. The van der Waals surface area contributed by atoms with Crippen molar-refractivity contribution in [3.63, 3.8) is 0 Å². The van der Waals surface area contributed by atoms with E-state index in [0.717, 1.165) is 0 Å². The summed E-state index contributed by atoms with van der Waals surface area (Å²) in [5.41, 5.74) is -2.03. The normalized spacial score (nSPS) is 9.80. The third kappa shape index (κ3) is 44.0. The fourth-order valence-corrected chi connectivity index (χ4v) is 0.306. The van der Waals surface area contributed by atoms with Crippen LogP contribution in [-0.4, -0.2) is 43.6 Å². The van der Waals surface area contributed by atoms with Crippen LogP contribution in [0.3, 0.4) is 0 Å². The number of carbonyl (C=O) groups is 2. The van der Waals surface area contributed by atoms with Crippen LogP contribution in [0, 0.1) is 11.8 Å². The van der Waals surface area contributed by atoms with Gasteiger partial charge in [-0.3, -0.25) is 9.59 Å². The van der Waals surface area contributed by atoms with Crippen LogP contribution in [-0.2, 0) is 9.59 Å². The first-order chi connectivity index (χ1) is 8.75. The third-order valence-electron chi connectivity index (χ3n) is 1.28. The van der Waals surface area contributed by atoms with Crippen molar-refractivity contribution < 1.29 is 30.0 Å². The zero-order chi connectivity index (χ0) is 17.0. The molecule has 0 saturated heterocycles. The molecular formula is C14H26O6. The molecule has 0 aliphatic heterocycles. The largest absolute Gasteiger partial charge is 0.481 e. The maximum atomic E-state index is 9.37. The predicted octanol–water partition coefficient (Wildman–Crippen LogP) is 1.49. The molecule has 0 radical (unpaired) electrons. The molecule has 0 rings (SSSR count). The highest BCUT2D eigenvalue weighted by molar-refractivity contribution is 5.66. The first-order valence-electron chi connectivity index (χ1n) is 6.17. The van der Waals surface area contributed by atoms with Gasteiger partial charge < -0.3 is 20.4 Å². The van der Waals surface area contributed by atoms with Gasteiger partial charge in [0.25, 0.3) is 0 Å². The van der Waals surface area contributed by atoms with Gasteiger partial charge in [0.1, 0.15) is 11.2 Å². The summed E-state index contributed by atoms with van der Waals surface area (Å²) in [5.74, 6) is 3.54. The summed E-state index contributed by atoms with van der Waals surface area (Å²) in [6.07, 6.45) is 0.444. The van der Waals surface area contributed by atoms with Crippen LogP contribution in [0.1, 0.15) is 54.4 Å². The number of hydrogen-bond donors (Lipinski definition) is 4. The number of rotatable bonds is 2. The molecule has 0 saturated carbocycles. The topological polar surface area (TPSA) is 115 Å². The molecule has 0 aliphatic carbocycles. The summed E-state index contributed by atoms with van der Waals surface area (Å²) in [7, 11) is 0. The predicted molar refractivity (Wildman–Crippen MR) is 76.2 cm³/mol. The summed E-state index contributed by atoms with van der Waals surface area (Å²) >= 11 is 0. The Kier molecular flexibility index (Phi) is 13.2. The van der Waals surface area contributed by atoms with E-state index in [0.29, 0.717) is 0 Å². The molecule has 0 aromatic carbocycles. The lowest BCUT2D eigenvalue weighted by atomic mass is 10.1. The van der Waals surface area contributed by atoms with Crippen LogP contribution in [0.4, 0.5) is 0 Å². The van der Waals surface area contributed by atoms with E-state index in [4.69, 9.17) is 20.4 Å². The second kappa shape index (κ2) is 11.3. The molecule has 0 bridgehead atoms. The Morgan fingerprint density at radius 3 is 1.00 bits per heavy atom. The Labute approximate surface area is 120 Å². The Balaban J connectivity index is -0.000000244. The van der Waals surface area contributed by atoms with Gasteiger partial charge in [-0.1, -0.05) is 25.7 Å². The zero-order valence-electron chi connectivity index (χ0n) is 13.0. The van der Waals surface area contributed by atoms with E-state index < -0.39 is 23.1 Å². The van der Waals surface area contributed by atoms with Gasteiger partial charge in [-0.2, -0.15) is 0 Å². The lowest BCUT2D eigenvalue weighted by Crippen LogP contribution is -2.20. The highest BCUT2D eigenvalue weighted by Crippen LogP contribution is 2.01. The zero-order valence-corrected chi connectivity index (χ0v) is 13.0. The van der Waals surface area contributed by atoms with E-state index in [1.165, 1.54) is 0 Å². The van der Waals surface area contributed by atoms with Crippen molar-refractivity contribution in [3.05, 3.63) is 0 Å². The average Bonchev–Trinajstić information content (AvgIpc) is 2.26. The van der Waals surface area contributed by atoms with Gasteiger partial charge in [0, 0.05) is 12.8 Å². The maximum absolute atomic E-state index is 9.37. The van der Waals surface area contributed by atoms with Crippen LogP contribution >= 0.6 is 0 Å². The van der Waals surface area contributed by atoms with E-state index >= 15 is 0 Å². The van der Waals surface area contributed by atoms with Gasteiger partial charge >= 0.3 is 11.9 Å². The summed E-state index contributed by atoms with van der Waals surface area (Å²) in [4.78, 5) is 18.7. The minimum Gasteiger partial charge on any atom is -0.481 e. The number of hydrogen-bond acceptors (Lipinski definition) is 4. The van der Waals surface area contributed by atoms with E-state index in [2.05, 4.69) is 11.8 Å². The summed E-state index contributed by atoms with van der Waals surface area (Å²) in [5, 5.41) is 33.6. The van der Waals surface area contributed by atoms with Crippen LogP contribution in [0.2, 0.25) is 0 Å². The van der Waals surface area contributed by atoms with Crippen LogP contribution in [0.25, 0.3) is 0 Å². The summed E-state index contributed by atoms with van der Waals surface area (Å²) < 4.78 is 0. The Bertz CT molecular complexity index is 303. The van der Waals surface area contributed by atoms with Crippen LogP contribution in [0.5, 0.6) is 0 Å². The van der Waals surface area contributed by atoms with Crippen LogP contribution < -0.4 is 0 Å². The second-order valence-electron chi connectivity index (χ2n) is 4.86. The molecule has 6 nitrogen and oxygen atoms in total. The van der Waals surface area contributed by atoms with Crippen molar-refractivity contribution >= 4 is 11.9 Å². The molecule has 20 heavy (non-hydrogen) atoms. The fraction of sp³-hybridized carbons (Fsp3) is 0.714. The minimum absolute atomic E-state index is 0.222. The Morgan fingerprint density at radius 1 is 0.800 bits per heavy atom. The first kappa shape index (κ1) is 23.5. The molecule has 0 unspecified atom stereocenters. The molecule has 4 N–H and O–H groups in total. The summed E-state index contributed by atoms with van der Waals surface area (Å²) in [6.45, 7) is 9.50. The van der Waals surface area contributed by atoms with Crippen molar-refractivity contribution in [3.8, 4) is 11.8 Å². The Morgan fingerprint density at radius 2 is 0.950 bits per heavy atom. The highest BCUT2D eigenvalue weighted by atomic mass is 16.4. The van der Waals surface area contributed by atoms with Crippen LogP contribution in [0.15, 0.2) is 0 Å². The summed E-state index contributed by atoms with van der Waals surface area (Å²) in [6, 6.07) is 0. The highest BCUT2D eigenvalue weighted by Gasteiger charge is 2.10. The lowest BCUT2D eigenvalue weighted by molar-refractivity contribution is -0.137. The van der Waals surface area contributed by atoms with Gasteiger partial charge in [-0.25, -0.2) is 0 Å². The van der Waals surface area contributed by atoms with Gasteiger partial charge in [-0.15, -0.1) is 0 Å². The molecule has 0 aromatic heterocycles. The molecular weight excluding hydrogens is 264 g/mol. The Hall–Kier alpha value is -1.58. The monoisotopic (exact) mass is 290 g/mol. The van der Waals surface area contributed by atoms with Crippen molar-refractivity contribution in [1.29, 1.82) is 0 Å². The van der Waals surface area contributed by atoms with Gasteiger partial charge in [0.15, 0.2) is 0 Å². The van der Waals surface area contributed by atoms with Crippen molar-refractivity contribution in [2.75, 3.05) is 0 Å². The molecule has 6 heteroatoms. The lowest BCUT2D eigenvalue weighted by Gasteiger charge is -2.10. The smallest absolute Gasteiger partial charge is 0.303 e. The average molecular weight is 290 g/mol. The molecule has 0 heterocycles. The van der Waals surface area contributed by atoms with E-state index in [9.17, 15) is 9.59 Å². The standard InChI is InChI=1S/C8H14O2.2C3H6O2/c1-7(2,9)5-6-8(3,4)10;2*1-2-3(4)5/h9-10H,1-4H3;2*2H2,1H3,(H,4,5). The molecule has 0 atom stereocenters. The van der Waals surface area contributed by atoms with Crippen molar-refractivity contribution in [1.82, 2.24) is 0 Å². The molecule has 0 aliphatic rings. The van der Waals surface area contributed by atoms with Crippen molar-refractivity contribution in [2.24, 2.45) is 0 Å². The van der Waals surface area contributed by atoms with E-state index in [-0.39, 0.29) is 12.8 Å². The molecule has 0 amide bonds. The van der Waals surface area contributed by atoms with E-state index in [1.807, 2.05) is 0 Å².